The fourth-order valence-corrected chi connectivity index (χ4v) is 2.78. The van der Waals surface area contributed by atoms with Crippen molar-refractivity contribution in [1.82, 2.24) is 4.98 Å². The second kappa shape index (κ2) is 9.50. The molecule has 0 fully saturated rings. The molecule has 9 heteroatoms. The van der Waals surface area contributed by atoms with Gasteiger partial charge >= 0.3 is 18.2 Å². The summed E-state index contributed by atoms with van der Waals surface area (Å²) in [5.74, 6) is -1.35. The van der Waals surface area contributed by atoms with Crippen molar-refractivity contribution in [2.45, 2.75) is 66.1 Å². The summed E-state index contributed by atoms with van der Waals surface area (Å²) in [7, 11) is 0. The number of amides is 2. The lowest BCUT2D eigenvalue weighted by Crippen LogP contribution is -2.44. The summed E-state index contributed by atoms with van der Waals surface area (Å²) in [6.07, 6.45) is -0.941. The number of benzene rings is 1. The standard InChI is InChI=1S/C23H29FN2O6/c1-8-30-19(27)12-16-15-11-18(25-13-14(15)9-10-17(16)24)26(20(28)31-22(2,3)4)21(29)32-23(5,6)7/h9-11,13H,8,12H2,1-7H3. The van der Waals surface area contributed by atoms with E-state index in [9.17, 15) is 18.8 Å². The number of hydrogen-bond donors (Lipinski definition) is 0. The van der Waals surface area contributed by atoms with Crippen LogP contribution >= 0.6 is 0 Å². The number of rotatable bonds is 4. The molecule has 2 aromatic rings. The molecule has 32 heavy (non-hydrogen) atoms. The molecule has 2 amide bonds. The Bertz CT molecular complexity index is 996. The van der Waals surface area contributed by atoms with Gasteiger partial charge in [0.05, 0.1) is 13.0 Å². The molecular formula is C23H29FN2O6. The molecule has 0 saturated heterocycles. The zero-order valence-electron chi connectivity index (χ0n) is 19.4. The number of fused-ring (bicyclic) bond motifs is 1. The SMILES string of the molecule is CCOC(=O)Cc1c(F)ccc2cnc(N(C(=O)OC(C)(C)C)C(=O)OC(C)(C)C)cc12. The van der Waals surface area contributed by atoms with E-state index in [0.717, 1.165) is 0 Å². The van der Waals surface area contributed by atoms with Gasteiger partial charge in [0, 0.05) is 17.1 Å². The van der Waals surface area contributed by atoms with Crippen LogP contribution < -0.4 is 4.90 Å². The van der Waals surface area contributed by atoms with Crippen molar-refractivity contribution in [3.05, 3.63) is 35.8 Å². The maximum absolute atomic E-state index is 14.6. The zero-order valence-corrected chi connectivity index (χ0v) is 19.4. The number of ether oxygens (including phenoxy) is 3. The number of anilines is 1. The summed E-state index contributed by atoms with van der Waals surface area (Å²) in [6.45, 7) is 11.7. The van der Waals surface area contributed by atoms with Crippen molar-refractivity contribution in [2.24, 2.45) is 0 Å². The number of imide groups is 1. The summed E-state index contributed by atoms with van der Waals surface area (Å²) >= 11 is 0. The van der Waals surface area contributed by atoms with E-state index in [1.165, 1.54) is 24.4 Å². The Morgan fingerprint density at radius 2 is 1.56 bits per heavy atom. The van der Waals surface area contributed by atoms with E-state index >= 15 is 0 Å². The lowest BCUT2D eigenvalue weighted by atomic mass is 10.0. The first kappa shape index (κ1) is 25.0. The Labute approximate surface area is 186 Å². The summed E-state index contributed by atoms with van der Waals surface area (Å²) in [4.78, 5) is 42.5. The Balaban J connectivity index is 2.60. The monoisotopic (exact) mass is 448 g/mol. The molecular weight excluding hydrogens is 419 g/mol. The van der Waals surface area contributed by atoms with Gasteiger partial charge in [-0.15, -0.1) is 0 Å². The van der Waals surface area contributed by atoms with Crippen LogP contribution in [0.5, 0.6) is 0 Å². The number of aromatic nitrogens is 1. The number of pyridine rings is 1. The Hall–Kier alpha value is -3.23. The highest BCUT2D eigenvalue weighted by molar-refractivity contribution is 6.09. The smallest absolute Gasteiger partial charge is 0.425 e. The van der Waals surface area contributed by atoms with Crippen LogP contribution in [0.4, 0.5) is 19.8 Å². The highest BCUT2D eigenvalue weighted by atomic mass is 19.1. The van der Waals surface area contributed by atoms with Crippen LogP contribution in [0.2, 0.25) is 0 Å². The van der Waals surface area contributed by atoms with E-state index in [0.29, 0.717) is 15.7 Å². The molecule has 1 aromatic carbocycles. The molecule has 174 valence electrons. The molecule has 0 bridgehead atoms. The molecule has 0 aliphatic rings. The van der Waals surface area contributed by atoms with Gasteiger partial charge in [-0.3, -0.25) is 4.79 Å². The number of hydrogen-bond acceptors (Lipinski definition) is 7. The first-order valence-corrected chi connectivity index (χ1v) is 10.2. The number of carbonyl (C=O) groups is 3. The van der Waals surface area contributed by atoms with E-state index in [1.54, 1.807) is 48.5 Å². The van der Waals surface area contributed by atoms with Crippen LogP contribution in [-0.2, 0) is 25.4 Å². The molecule has 0 N–H and O–H groups in total. The van der Waals surface area contributed by atoms with Crippen LogP contribution in [-0.4, -0.2) is 40.9 Å². The van der Waals surface area contributed by atoms with E-state index in [2.05, 4.69) is 4.98 Å². The largest absolute Gasteiger partial charge is 0.466 e. The van der Waals surface area contributed by atoms with Crippen LogP contribution in [0.1, 0.15) is 54.0 Å². The van der Waals surface area contributed by atoms with E-state index in [4.69, 9.17) is 14.2 Å². The van der Waals surface area contributed by atoms with Gasteiger partial charge in [-0.2, -0.15) is 4.90 Å². The molecule has 0 aliphatic carbocycles. The second-order valence-electron chi connectivity index (χ2n) is 9.07. The highest BCUT2D eigenvalue weighted by Gasteiger charge is 2.34. The van der Waals surface area contributed by atoms with Crippen molar-refractivity contribution < 1.29 is 33.0 Å². The third-order valence-electron chi connectivity index (χ3n) is 3.95. The van der Waals surface area contributed by atoms with Crippen molar-refractivity contribution >= 4 is 34.7 Å². The van der Waals surface area contributed by atoms with Crippen LogP contribution in [0.25, 0.3) is 10.8 Å². The Morgan fingerprint density at radius 1 is 1.00 bits per heavy atom. The minimum atomic E-state index is -0.998. The maximum Gasteiger partial charge on any atom is 0.425 e. The van der Waals surface area contributed by atoms with Crippen LogP contribution in [0, 0.1) is 5.82 Å². The Kier molecular flexibility index (Phi) is 7.43. The fraction of sp³-hybridized carbons (Fsp3) is 0.478. The van der Waals surface area contributed by atoms with Gasteiger partial charge in [-0.1, -0.05) is 0 Å². The highest BCUT2D eigenvalue weighted by Crippen LogP contribution is 2.28. The first-order chi connectivity index (χ1) is 14.7. The third kappa shape index (κ3) is 6.63. The van der Waals surface area contributed by atoms with Gasteiger partial charge in [0.2, 0.25) is 0 Å². The van der Waals surface area contributed by atoms with E-state index in [-0.39, 0.29) is 24.4 Å². The average Bonchev–Trinajstić information content (AvgIpc) is 2.61. The summed E-state index contributed by atoms with van der Waals surface area (Å²) in [6, 6.07) is 4.06. The Morgan fingerprint density at radius 3 is 2.06 bits per heavy atom. The summed E-state index contributed by atoms with van der Waals surface area (Å²) in [5.41, 5.74) is -1.72. The molecule has 0 aliphatic heterocycles. The van der Waals surface area contributed by atoms with E-state index in [1.807, 2.05) is 0 Å². The molecule has 1 heterocycles. The molecule has 0 saturated carbocycles. The molecule has 8 nitrogen and oxygen atoms in total. The minimum absolute atomic E-state index is 0.0675. The van der Waals surface area contributed by atoms with Gasteiger partial charge in [-0.25, -0.2) is 19.0 Å². The molecule has 1 aromatic heterocycles. The van der Waals surface area contributed by atoms with Crippen molar-refractivity contribution in [3.8, 4) is 0 Å². The van der Waals surface area contributed by atoms with Gasteiger partial charge in [0.15, 0.2) is 0 Å². The predicted molar refractivity (Wildman–Crippen MR) is 117 cm³/mol. The summed E-state index contributed by atoms with van der Waals surface area (Å²) in [5, 5.41) is 0.822. The topological polar surface area (TPSA) is 95.0 Å². The van der Waals surface area contributed by atoms with Crippen molar-refractivity contribution in [3.63, 3.8) is 0 Å². The number of nitrogens with zero attached hydrogens (tertiary/aromatic N) is 2. The van der Waals surface area contributed by atoms with Crippen LogP contribution in [0.3, 0.4) is 0 Å². The maximum atomic E-state index is 14.6. The lowest BCUT2D eigenvalue weighted by molar-refractivity contribution is -0.142. The molecule has 0 unspecified atom stereocenters. The number of esters is 1. The lowest BCUT2D eigenvalue weighted by Gasteiger charge is -2.28. The molecule has 2 rings (SSSR count). The van der Waals surface area contributed by atoms with Gasteiger partial charge in [0.1, 0.15) is 22.8 Å². The average molecular weight is 448 g/mol. The van der Waals surface area contributed by atoms with Gasteiger partial charge in [0.25, 0.3) is 0 Å². The fourth-order valence-electron chi connectivity index (χ4n) is 2.78. The molecule has 0 spiro atoms. The predicted octanol–water partition coefficient (Wildman–Crippen LogP) is 5.16. The van der Waals surface area contributed by atoms with Gasteiger partial charge in [-0.05, 0) is 72.1 Å². The minimum Gasteiger partial charge on any atom is -0.466 e. The number of carbonyl (C=O) groups excluding carboxylic acids is 3. The third-order valence-corrected chi connectivity index (χ3v) is 3.95. The zero-order chi connectivity index (χ0) is 24.3. The van der Waals surface area contributed by atoms with Crippen molar-refractivity contribution in [1.29, 1.82) is 0 Å². The molecule has 0 radical (unpaired) electrons. The normalized spacial score (nSPS) is 11.8. The number of halogens is 1. The molecule has 0 atom stereocenters. The van der Waals surface area contributed by atoms with Crippen molar-refractivity contribution in [2.75, 3.05) is 11.5 Å². The summed E-state index contributed by atoms with van der Waals surface area (Å²) < 4.78 is 30.2. The van der Waals surface area contributed by atoms with E-state index < -0.39 is 35.2 Å². The second-order valence-corrected chi connectivity index (χ2v) is 9.07. The quantitative estimate of drug-likeness (QED) is 0.471. The van der Waals surface area contributed by atoms with Gasteiger partial charge < -0.3 is 14.2 Å². The van der Waals surface area contributed by atoms with Crippen LogP contribution in [0.15, 0.2) is 24.4 Å². The first-order valence-electron chi connectivity index (χ1n) is 10.2.